The second-order valence-electron chi connectivity index (χ2n) is 9.01. The molecule has 1 aromatic carbocycles. The van der Waals surface area contributed by atoms with E-state index in [1.54, 1.807) is 17.9 Å². The second kappa shape index (κ2) is 11.0. The van der Waals surface area contributed by atoms with Crippen LogP contribution in [0.25, 0.3) is 0 Å². The van der Waals surface area contributed by atoms with Crippen molar-refractivity contribution in [2.75, 3.05) is 63.9 Å². The third kappa shape index (κ3) is 5.48. The lowest BCUT2D eigenvalue weighted by molar-refractivity contribution is -0.126. The molecule has 0 spiro atoms. The van der Waals surface area contributed by atoms with Gasteiger partial charge in [-0.2, -0.15) is 4.31 Å². The van der Waals surface area contributed by atoms with E-state index in [2.05, 4.69) is 26.1 Å². The third-order valence-electron chi connectivity index (χ3n) is 6.84. The minimum atomic E-state index is -3.83. The van der Waals surface area contributed by atoms with E-state index in [0.29, 0.717) is 68.7 Å². The first-order chi connectivity index (χ1) is 16.3. The van der Waals surface area contributed by atoms with Gasteiger partial charge in [0, 0.05) is 62.4 Å². The van der Waals surface area contributed by atoms with Gasteiger partial charge in [-0.1, -0.05) is 6.92 Å². The monoisotopic (exact) mass is 556 g/mol. The molecule has 0 radical (unpaired) electrons. The van der Waals surface area contributed by atoms with E-state index in [1.165, 1.54) is 4.31 Å². The Morgan fingerprint density at radius 2 is 1.94 bits per heavy atom. The molecule has 0 saturated carbocycles. The molecule has 34 heavy (non-hydrogen) atoms. The molecule has 2 fully saturated rings. The number of fused-ring (bicyclic) bond motifs is 1. The number of anilines is 1. The van der Waals surface area contributed by atoms with Gasteiger partial charge < -0.3 is 15.0 Å². The topological polar surface area (TPSA) is 99.3 Å². The molecule has 3 aliphatic heterocycles. The van der Waals surface area contributed by atoms with Crippen molar-refractivity contribution in [2.24, 2.45) is 5.92 Å². The summed E-state index contributed by atoms with van der Waals surface area (Å²) < 4.78 is 34.4. The number of hydrogen-bond donors (Lipinski definition) is 1. The average molecular weight is 558 g/mol. The Labute approximate surface area is 210 Å². The Morgan fingerprint density at radius 1 is 1.18 bits per heavy atom. The highest BCUT2D eigenvalue weighted by Crippen LogP contribution is 2.37. The van der Waals surface area contributed by atoms with E-state index in [9.17, 15) is 18.0 Å². The van der Waals surface area contributed by atoms with Crippen molar-refractivity contribution in [1.29, 1.82) is 0 Å². The number of piperidine rings is 1. The van der Waals surface area contributed by atoms with Crippen LogP contribution in [0.1, 0.15) is 31.7 Å². The third-order valence-corrected chi connectivity index (χ3v) is 9.66. The molecule has 11 heteroatoms. The van der Waals surface area contributed by atoms with E-state index in [-0.39, 0.29) is 29.2 Å². The smallest absolute Gasteiger partial charge is 0.244 e. The normalized spacial score (nSPS) is 21.9. The number of hydrogen-bond acceptors (Lipinski definition) is 6. The molecule has 9 nitrogen and oxygen atoms in total. The van der Waals surface area contributed by atoms with Crippen molar-refractivity contribution < 1.29 is 22.7 Å². The van der Waals surface area contributed by atoms with Gasteiger partial charge in [0.05, 0.1) is 24.0 Å². The molecule has 0 unspecified atom stereocenters. The Kier molecular flexibility index (Phi) is 8.29. The number of nitrogens with zero attached hydrogens (tertiary/aromatic N) is 3. The molecule has 2 saturated heterocycles. The number of rotatable bonds is 7. The zero-order valence-corrected chi connectivity index (χ0v) is 22.0. The van der Waals surface area contributed by atoms with E-state index in [0.717, 1.165) is 25.2 Å². The lowest BCUT2D eigenvalue weighted by Crippen LogP contribution is -2.47. The maximum Gasteiger partial charge on any atom is 0.244 e. The summed E-state index contributed by atoms with van der Waals surface area (Å²) in [6.07, 6.45) is 2.37. The van der Waals surface area contributed by atoms with Crippen molar-refractivity contribution >= 4 is 43.5 Å². The molecule has 0 bridgehead atoms. The lowest BCUT2D eigenvalue weighted by Gasteiger charge is -2.32. The minimum absolute atomic E-state index is 0.0174. The van der Waals surface area contributed by atoms with Crippen LogP contribution in [-0.2, 0) is 30.8 Å². The summed E-state index contributed by atoms with van der Waals surface area (Å²) in [6, 6.07) is 3.42. The zero-order chi connectivity index (χ0) is 24.3. The van der Waals surface area contributed by atoms with Gasteiger partial charge in [0.25, 0.3) is 0 Å². The molecular formula is C23H33BrN4O5S. The molecule has 2 amide bonds. The summed E-state index contributed by atoms with van der Waals surface area (Å²) in [7, 11) is -3.83. The fourth-order valence-corrected chi connectivity index (χ4v) is 7.45. The summed E-state index contributed by atoms with van der Waals surface area (Å²) >= 11 is 3.44. The quantitative estimate of drug-likeness (QED) is 0.547. The first-order valence-corrected chi connectivity index (χ1v) is 14.2. The van der Waals surface area contributed by atoms with Gasteiger partial charge in [-0.3, -0.25) is 14.5 Å². The maximum absolute atomic E-state index is 13.6. The summed E-state index contributed by atoms with van der Waals surface area (Å²) in [5, 5.41) is 2.99. The number of nitrogens with one attached hydrogen (secondary N) is 1. The molecule has 1 aromatic rings. The molecule has 3 aliphatic rings. The number of halogens is 1. The van der Waals surface area contributed by atoms with Crippen LogP contribution in [0, 0.1) is 5.92 Å². The molecule has 0 aliphatic carbocycles. The van der Waals surface area contributed by atoms with Gasteiger partial charge in [0.2, 0.25) is 21.8 Å². The number of carbonyl (C=O) groups excluding carboxylic acids is 2. The number of ether oxygens (including phenoxy) is 1. The number of carbonyl (C=O) groups is 2. The average Bonchev–Trinajstić information content (AvgIpc) is 3.26. The summed E-state index contributed by atoms with van der Waals surface area (Å²) in [5.74, 6) is -0.489. The fourth-order valence-electron chi connectivity index (χ4n) is 4.86. The fraction of sp³-hybridized carbons (Fsp3) is 0.652. The Balaban J connectivity index is 1.43. The molecule has 1 N–H and O–H groups in total. The van der Waals surface area contributed by atoms with Gasteiger partial charge in [-0.25, -0.2) is 8.42 Å². The first kappa shape index (κ1) is 25.6. The highest BCUT2D eigenvalue weighted by molar-refractivity contribution is 9.10. The van der Waals surface area contributed by atoms with Crippen LogP contribution in [-0.4, -0.2) is 88.5 Å². The zero-order valence-electron chi connectivity index (χ0n) is 19.6. The van der Waals surface area contributed by atoms with Crippen molar-refractivity contribution in [3.8, 4) is 0 Å². The SMILES string of the molecule is CCC(=O)N1CCc2cc(Br)c(S(=O)(=O)N3CCC[C@H](C(=O)NCCN4CCOCC4)C3)cc21. The van der Waals surface area contributed by atoms with Crippen LogP contribution >= 0.6 is 15.9 Å². The van der Waals surface area contributed by atoms with Gasteiger partial charge in [0.15, 0.2) is 0 Å². The number of sulfonamides is 1. The van der Waals surface area contributed by atoms with Gasteiger partial charge in [-0.05, 0) is 52.9 Å². The molecule has 3 heterocycles. The predicted molar refractivity (Wildman–Crippen MR) is 132 cm³/mol. The Hall–Kier alpha value is -1.53. The number of morpholine rings is 1. The lowest BCUT2D eigenvalue weighted by atomic mass is 9.99. The molecule has 188 valence electrons. The van der Waals surface area contributed by atoms with E-state index in [1.807, 2.05) is 6.07 Å². The van der Waals surface area contributed by atoms with Crippen molar-refractivity contribution in [3.63, 3.8) is 0 Å². The predicted octanol–water partition coefficient (Wildman–Crippen LogP) is 1.60. The maximum atomic E-state index is 13.6. The van der Waals surface area contributed by atoms with Gasteiger partial charge in [0.1, 0.15) is 0 Å². The molecule has 1 atom stereocenters. The van der Waals surface area contributed by atoms with Crippen LogP contribution in [0.5, 0.6) is 0 Å². The minimum Gasteiger partial charge on any atom is -0.379 e. The first-order valence-electron chi connectivity index (χ1n) is 12.0. The van der Waals surface area contributed by atoms with Crippen LogP contribution < -0.4 is 10.2 Å². The van der Waals surface area contributed by atoms with Crippen LogP contribution in [0.15, 0.2) is 21.5 Å². The van der Waals surface area contributed by atoms with Gasteiger partial charge in [-0.15, -0.1) is 0 Å². The standard InChI is InChI=1S/C23H33BrN4O5S/c1-2-22(29)28-8-5-17-14-19(24)21(15-20(17)28)34(31,32)27-7-3-4-18(16-27)23(30)25-6-9-26-10-12-33-13-11-26/h14-15,18H,2-13,16H2,1H3,(H,25,30)/t18-/m0/s1. The Bertz CT molecular complexity index is 1030. The number of amides is 2. The summed E-state index contributed by atoms with van der Waals surface area (Å²) in [4.78, 5) is 29.2. The largest absolute Gasteiger partial charge is 0.379 e. The van der Waals surface area contributed by atoms with Crippen molar-refractivity contribution in [2.45, 2.75) is 37.5 Å². The van der Waals surface area contributed by atoms with Gasteiger partial charge >= 0.3 is 0 Å². The number of benzene rings is 1. The van der Waals surface area contributed by atoms with E-state index < -0.39 is 10.0 Å². The van der Waals surface area contributed by atoms with E-state index >= 15 is 0 Å². The molecule has 0 aromatic heterocycles. The summed E-state index contributed by atoms with van der Waals surface area (Å²) in [6.45, 7) is 7.36. The Morgan fingerprint density at radius 3 is 2.68 bits per heavy atom. The highest BCUT2D eigenvalue weighted by atomic mass is 79.9. The van der Waals surface area contributed by atoms with Crippen molar-refractivity contribution in [1.82, 2.24) is 14.5 Å². The second-order valence-corrected chi connectivity index (χ2v) is 11.8. The molecular weight excluding hydrogens is 524 g/mol. The summed E-state index contributed by atoms with van der Waals surface area (Å²) in [5.41, 5.74) is 1.63. The molecule has 4 rings (SSSR count). The van der Waals surface area contributed by atoms with Crippen LogP contribution in [0.3, 0.4) is 0 Å². The van der Waals surface area contributed by atoms with Crippen LogP contribution in [0.2, 0.25) is 0 Å². The van der Waals surface area contributed by atoms with E-state index in [4.69, 9.17) is 4.74 Å². The highest BCUT2D eigenvalue weighted by Gasteiger charge is 2.36. The van der Waals surface area contributed by atoms with Crippen LogP contribution in [0.4, 0.5) is 5.69 Å². The van der Waals surface area contributed by atoms with Crippen molar-refractivity contribution in [3.05, 3.63) is 22.2 Å².